The molecule has 7 heteroatoms. The molecule has 6 nitrogen and oxygen atoms in total. The Bertz CT molecular complexity index is 376. The van der Waals surface area contributed by atoms with Crippen molar-refractivity contribution in [1.82, 2.24) is 20.4 Å². The van der Waals surface area contributed by atoms with Gasteiger partial charge in [0.25, 0.3) is 0 Å². The van der Waals surface area contributed by atoms with Crippen LogP contribution < -0.4 is 10.6 Å². The monoisotopic (exact) mass is 467 g/mol. The van der Waals surface area contributed by atoms with Crippen LogP contribution in [0.4, 0.5) is 0 Å². The van der Waals surface area contributed by atoms with E-state index in [1.807, 2.05) is 0 Å². The van der Waals surface area contributed by atoms with Gasteiger partial charge in [0.2, 0.25) is 0 Å². The van der Waals surface area contributed by atoms with Crippen LogP contribution in [0.5, 0.6) is 0 Å². The minimum atomic E-state index is 0. The second-order valence-corrected chi connectivity index (χ2v) is 7.06. The van der Waals surface area contributed by atoms with E-state index in [-0.39, 0.29) is 24.0 Å². The van der Waals surface area contributed by atoms with Crippen LogP contribution in [-0.2, 0) is 4.74 Å². The lowest BCUT2D eigenvalue weighted by atomic mass is 10.1. The highest BCUT2D eigenvalue weighted by atomic mass is 127. The smallest absolute Gasteiger partial charge is 0.191 e. The molecule has 2 N–H and O–H groups in total. The van der Waals surface area contributed by atoms with E-state index in [9.17, 15) is 0 Å². The maximum absolute atomic E-state index is 5.53. The highest BCUT2D eigenvalue weighted by Crippen LogP contribution is 2.11. The van der Waals surface area contributed by atoms with Crippen molar-refractivity contribution in [1.29, 1.82) is 0 Å². The summed E-state index contributed by atoms with van der Waals surface area (Å²) in [6.07, 6.45) is 4.10. The summed E-state index contributed by atoms with van der Waals surface area (Å²) in [5.41, 5.74) is 0. The Kier molecular flexibility index (Phi) is 12.0. The van der Waals surface area contributed by atoms with Crippen LogP contribution in [0, 0.1) is 0 Å². The number of nitrogens with one attached hydrogen (secondary N) is 2. The Labute approximate surface area is 171 Å². The van der Waals surface area contributed by atoms with Gasteiger partial charge in [0.1, 0.15) is 0 Å². The van der Waals surface area contributed by atoms with Crippen molar-refractivity contribution in [2.45, 2.75) is 52.1 Å². The van der Waals surface area contributed by atoms with Gasteiger partial charge in [-0.25, -0.2) is 0 Å². The minimum absolute atomic E-state index is 0. The third-order valence-corrected chi connectivity index (χ3v) is 5.01. The van der Waals surface area contributed by atoms with Gasteiger partial charge in [-0.3, -0.25) is 9.89 Å². The van der Waals surface area contributed by atoms with Crippen molar-refractivity contribution in [3.8, 4) is 0 Å². The largest absolute Gasteiger partial charge is 0.379 e. The Morgan fingerprint density at radius 2 is 1.96 bits per heavy atom. The average Bonchev–Trinajstić information content (AvgIpc) is 2.60. The first-order valence-corrected chi connectivity index (χ1v) is 9.78. The molecule has 0 radical (unpaired) electrons. The third kappa shape index (κ3) is 8.41. The molecule has 0 aromatic heterocycles. The molecule has 2 rings (SSSR count). The number of hydrogen-bond acceptors (Lipinski definition) is 4. The highest BCUT2D eigenvalue weighted by Gasteiger charge is 2.23. The number of guanidine groups is 1. The number of piperidine rings is 1. The summed E-state index contributed by atoms with van der Waals surface area (Å²) in [5.74, 6) is 0.947. The molecule has 0 aliphatic carbocycles. The van der Waals surface area contributed by atoms with Gasteiger partial charge in [0.15, 0.2) is 5.96 Å². The lowest BCUT2D eigenvalue weighted by molar-refractivity contribution is -0.0165. The van der Waals surface area contributed by atoms with Crippen molar-refractivity contribution >= 4 is 29.9 Å². The molecule has 2 atom stereocenters. The normalized spacial score (nSPS) is 24.4. The summed E-state index contributed by atoms with van der Waals surface area (Å²) < 4.78 is 5.53. The van der Waals surface area contributed by atoms with Crippen molar-refractivity contribution in [3.63, 3.8) is 0 Å². The molecule has 0 aromatic carbocycles. The topological polar surface area (TPSA) is 52.1 Å². The first-order chi connectivity index (χ1) is 11.7. The fraction of sp³-hybridized carbons (Fsp3) is 0.944. The number of hydrogen-bond donors (Lipinski definition) is 2. The minimum Gasteiger partial charge on any atom is -0.379 e. The van der Waals surface area contributed by atoms with E-state index in [2.05, 4.69) is 41.2 Å². The number of aliphatic imine (C=N–C) groups is 1. The first kappa shape index (κ1) is 22.9. The molecular weight excluding hydrogens is 429 g/mol. The fourth-order valence-corrected chi connectivity index (χ4v) is 3.58. The number of nitrogens with zero attached hydrogens (tertiary/aromatic N) is 3. The summed E-state index contributed by atoms with van der Waals surface area (Å²) in [5, 5.41) is 6.86. The first-order valence-electron chi connectivity index (χ1n) is 9.78. The number of ether oxygens (including phenoxy) is 1. The molecule has 2 saturated heterocycles. The second kappa shape index (κ2) is 13.1. The van der Waals surface area contributed by atoms with Crippen molar-refractivity contribution < 1.29 is 4.74 Å². The molecule has 2 unspecified atom stereocenters. The zero-order valence-corrected chi connectivity index (χ0v) is 18.6. The quantitative estimate of drug-likeness (QED) is 0.340. The van der Waals surface area contributed by atoms with Gasteiger partial charge in [0.05, 0.1) is 19.8 Å². The van der Waals surface area contributed by atoms with Gasteiger partial charge in [0, 0.05) is 38.3 Å². The van der Waals surface area contributed by atoms with Crippen LogP contribution in [0.1, 0.15) is 40.0 Å². The molecular formula is C18H38IN5O. The molecule has 2 aliphatic heterocycles. The fourth-order valence-electron chi connectivity index (χ4n) is 3.58. The number of morpholine rings is 1. The Morgan fingerprint density at radius 1 is 1.20 bits per heavy atom. The summed E-state index contributed by atoms with van der Waals surface area (Å²) >= 11 is 0. The van der Waals surface area contributed by atoms with Crippen LogP contribution in [0.3, 0.4) is 0 Å². The Balaban J connectivity index is 0.00000312. The third-order valence-electron chi connectivity index (χ3n) is 5.01. The molecule has 148 valence electrons. The molecule has 2 aliphatic rings. The van der Waals surface area contributed by atoms with Crippen LogP contribution in [-0.4, -0.2) is 86.9 Å². The van der Waals surface area contributed by atoms with Crippen LogP contribution >= 0.6 is 24.0 Å². The molecule has 0 spiro atoms. The lowest BCUT2D eigenvalue weighted by Gasteiger charge is -2.37. The molecule has 2 heterocycles. The van der Waals surface area contributed by atoms with E-state index in [1.165, 1.54) is 32.4 Å². The van der Waals surface area contributed by atoms with Crippen LogP contribution in [0.15, 0.2) is 4.99 Å². The van der Waals surface area contributed by atoms with E-state index in [4.69, 9.17) is 9.73 Å². The number of halogens is 1. The van der Waals surface area contributed by atoms with E-state index in [1.54, 1.807) is 0 Å². The summed E-state index contributed by atoms with van der Waals surface area (Å²) in [7, 11) is 0. The van der Waals surface area contributed by atoms with Crippen molar-refractivity contribution in [3.05, 3.63) is 0 Å². The van der Waals surface area contributed by atoms with Crippen LogP contribution in [0.2, 0.25) is 0 Å². The summed E-state index contributed by atoms with van der Waals surface area (Å²) in [6.45, 7) is 15.6. The Morgan fingerprint density at radius 3 is 2.64 bits per heavy atom. The van der Waals surface area contributed by atoms with Gasteiger partial charge in [-0.1, -0.05) is 6.42 Å². The molecule has 0 amide bonds. The van der Waals surface area contributed by atoms with Crippen molar-refractivity contribution in [2.24, 2.45) is 4.99 Å². The lowest BCUT2D eigenvalue weighted by Crippen LogP contribution is -2.50. The zero-order chi connectivity index (χ0) is 17.2. The SMILES string of the molecule is CCNC(=NCC(C)N1CCOCC1C)NCCN1CCCCC1.I. The van der Waals surface area contributed by atoms with Gasteiger partial charge in [-0.15, -0.1) is 24.0 Å². The maximum Gasteiger partial charge on any atom is 0.191 e. The molecule has 25 heavy (non-hydrogen) atoms. The van der Waals surface area contributed by atoms with Gasteiger partial charge in [-0.05, 0) is 46.7 Å². The van der Waals surface area contributed by atoms with E-state index < -0.39 is 0 Å². The molecule has 0 bridgehead atoms. The zero-order valence-electron chi connectivity index (χ0n) is 16.3. The van der Waals surface area contributed by atoms with E-state index >= 15 is 0 Å². The van der Waals surface area contributed by atoms with Gasteiger partial charge in [-0.2, -0.15) is 0 Å². The predicted molar refractivity (Wildman–Crippen MR) is 116 cm³/mol. The highest BCUT2D eigenvalue weighted by molar-refractivity contribution is 14.0. The Hall–Kier alpha value is -0.120. The average molecular weight is 467 g/mol. The number of rotatable bonds is 7. The predicted octanol–water partition coefficient (Wildman–Crippen LogP) is 1.75. The summed E-state index contributed by atoms with van der Waals surface area (Å²) in [6, 6.07) is 0.931. The van der Waals surface area contributed by atoms with Crippen molar-refractivity contribution in [2.75, 3.05) is 59.0 Å². The van der Waals surface area contributed by atoms with E-state index in [0.717, 1.165) is 51.9 Å². The van der Waals surface area contributed by atoms with Gasteiger partial charge < -0.3 is 20.3 Å². The van der Waals surface area contributed by atoms with Gasteiger partial charge >= 0.3 is 0 Å². The summed E-state index contributed by atoms with van der Waals surface area (Å²) in [4.78, 5) is 9.86. The molecule has 0 aromatic rings. The maximum atomic E-state index is 5.53. The standard InChI is InChI=1S/C18H37N5O.HI/c1-4-19-18(20-8-11-22-9-6-5-7-10-22)21-14-16(2)23-12-13-24-15-17(23)3;/h16-17H,4-15H2,1-3H3,(H2,19,20,21);1H. The second-order valence-electron chi connectivity index (χ2n) is 7.06. The molecule has 2 fully saturated rings. The van der Waals surface area contributed by atoms with Crippen LogP contribution in [0.25, 0.3) is 0 Å². The van der Waals surface area contributed by atoms with E-state index in [0.29, 0.717) is 12.1 Å². The molecule has 0 saturated carbocycles. The number of likely N-dealkylation sites (tertiary alicyclic amines) is 1.